The van der Waals surface area contributed by atoms with Crippen LogP contribution in [-0.4, -0.2) is 32.7 Å². The Hall–Kier alpha value is -1.90. The van der Waals surface area contributed by atoms with E-state index in [0.29, 0.717) is 20.1 Å². The van der Waals surface area contributed by atoms with Crippen LogP contribution in [0.2, 0.25) is 20.1 Å². The number of aromatic nitrogens is 4. The van der Waals surface area contributed by atoms with E-state index in [9.17, 15) is 0 Å². The van der Waals surface area contributed by atoms with E-state index < -0.39 is 0 Å². The molecule has 4 aromatic rings. The van der Waals surface area contributed by atoms with Gasteiger partial charge in [0.1, 0.15) is 4.60 Å². The second kappa shape index (κ2) is 11.3. The topological polar surface area (TPSA) is 42.1 Å². The molecule has 0 radical (unpaired) electrons. The second-order valence-corrected chi connectivity index (χ2v) is 11.9. The van der Waals surface area contributed by atoms with Gasteiger partial charge >= 0.3 is 0 Å². The molecule has 4 heterocycles. The van der Waals surface area contributed by atoms with Crippen molar-refractivity contribution >= 4 is 85.3 Å². The van der Waals surface area contributed by atoms with Crippen LogP contribution in [0.25, 0.3) is 0 Å². The fraction of sp³-hybridized carbons (Fsp3) is 0.333. The lowest BCUT2D eigenvalue weighted by Gasteiger charge is -2.28. The van der Waals surface area contributed by atoms with Crippen molar-refractivity contribution in [1.29, 1.82) is 0 Å². The van der Waals surface area contributed by atoms with Gasteiger partial charge in [-0.3, -0.25) is 9.36 Å². The van der Waals surface area contributed by atoms with Crippen molar-refractivity contribution < 1.29 is 0 Å². The fourth-order valence-corrected chi connectivity index (χ4v) is 6.49. The van der Waals surface area contributed by atoms with E-state index in [1.165, 1.54) is 16.8 Å². The van der Waals surface area contributed by atoms with Gasteiger partial charge < -0.3 is 9.80 Å². The van der Waals surface area contributed by atoms with Gasteiger partial charge in [-0.1, -0.05) is 46.4 Å². The van der Waals surface area contributed by atoms with Gasteiger partial charge in [0.2, 0.25) is 0 Å². The smallest absolute Gasteiger partial charge is 0.159 e. The van der Waals surface area contributed by atoms with E-state index in [4.69, 9.17) is 46.4 Å². The van der Waals surface area contributed by atoms with Crippen molar-refractivity contribution in [2.45, 2.75) is 32.6 Å². The molecule has 0 fully saturated rings. The lowest BCUT2D eigenvalue weighted by molar-refractivity contribution is 0.732. The lowest BCUT2D eigenvalue weighted by atomic mass is 10.0. The molecule has 0 N–H and O–H groups in total. The van der Waals surface area contributed by atoms with Gasteiger partial charge in [0.05, 0.1) is 21.4 Å². The molecule has 0 amide bonds. The third kappa shape index (κ3) is 5.28. The van der Waals surface area contributed by atoms with Gasteiger partial charge in [-0.2, -0.15) is 10.2 Å². The average Bonchev–Trinajstić information content (AvgIpc) is 3.34. The predicted molar refractivity (Wildman–Crippen MR) is 162 cm³/mol. The van der Waals surface area contributed by atoms with Crippen LogP contribution in [0.15, 0.2) is 41.0 Å². The third-order valence-electron chi connectivity index (χ3n) is 7.01. The van der Waals surface area contributed by atoms with E-state index in [-0.39, 0.29) is 0 Å². The maximum atomic E-state index is 6.32. The Morgan fingerprint density at radius 3 is 1.71 bits per heavy atom. The molecule has 2 aliphatic rings. The van der Waals surface area contributed by atoms with Gasteiger partial charge in [0.15, 0.2) is 11.6 Å². The molecular formula is C27H27BrCl4N6. The number of rotatable bonds is 2. The van der Waals surface area contributed by atoms with Crippen LogP contribution in [0.1, 0.15) is 29.7 Å². The standard InChI is InChI=1S/C14H15Cl2N3.C13H12BrCl2N3/c1-9-11-4-3-7-19(14(11)17-18(9)2)13-6-5-10(15)8-12(13)16;1-18-12(14)9-3-2-6-19(13(9)17-18)11-5-4-8(15)7-10(11)16/h5-6,8H,3-4,7H2,1-2H3;4-5,7H,2-3,6H2,1H3. The first kappa shape index (κ1) is 27.7. The first-order valence-electron chi connectivity index (χ1n) is 12.3. The molecule has 0 bridgehead atoms. The van der Waals surface area contributed by atoms with E-state index in [1.807, 2.05) is 47.7 Å². The molecule has 0 unspecified atom stereocenters. The molecule has 0 saturated heterocycles. The molecule has 0 saturated carbocycles. The third-order valence-corrected chi connectivity index (χ3v) is 9.08. The maximum absolute atomic E-state index is 6.32. The molecule has 2 aliphatic heterocycles. The van der Waals surface area contributed by atoms with E-state index in [2.05, 4.69) is 42.9 Å². The Balaban J connectivity index is 0.000000155. The SMILES string of the molecule is Cc1c2c(nn1C)N(c1ccc(Cl)cc1Cl)CCC2.Cn1nc2c(c1Br)CCCN2c1ccc(Cl)cc1Cl. The highest BCUT2D eigenvalue weighted by molar-refractivity contribution is 9.10. The van der Waals surface area contributed by atoms with Crippen molar-refractivity contribution in [3.63, 3.8) is 0 Å². The van der Waals surface area contributed by atoms with E-state index >= 15 is 0 Å². The zero-order chi connectivity index (χ0) is 27.1. The van der Waals surface area contributed by atoms with Crippen molar-refractivity contribution in [3.05, 3.63) is 77.9 Å². The Bertz CT molecular complexity index is 1390. The van der Waals surface area contributed by atoms with Crippen molar-refractivity contribution in [2.75, 3.05) is 22.9 Å². The van der Waals surface area contributed by atoms with E-state index in [0.717, 1.165) is 66.4 Å². The first-order valence-corrected chi connectivity index (χ1v) is 14.6. The minimum absolute atomic E-state index is 0.646. The highest BCUT2D eigenvalue weighted by Gasteiger charge is 2.27. The minimum Gasteiger partial charge on any atom is -0.323 e. The summed E-state index contributed by atoms with van der Waals surface area (Å²) >= 11 is 28.1. The van der Waals surface area contributed by atoms with Gasteiger partial charge in [0.25, 0.3) is 0 Å². The lowest BCUT2D eigenvalue weighted by Crippen LogP contribution is -2.24. The summed E-state index contributed by atoms with van der Waals surface area (Å²) in [4.78, 5) is 4.34. The van der Waals surface area contributed by atoms with Crippen molar-refractivity contribution in [3.8, 4) is 0 Å². The molecule has 2 aromatic carbocycles. The Kier molecular flexibility index (Phi) is 8.22. The Morgan fingerprint density at radius 2 is 1.18 bits per heavy atom. The molecule has 0 aliphatic carbocycles. The van der Waals surface area contributed by atoms with Crippen molar-refractivity contribution in [1.82, 2.24) is 19.6 Å². The zero-order valence-corrected chi connectivity index (χ0v) is 25.9. The van der Waals surface area contributed by atoms with Crippen LogP contribution >= 0.6 is 62.3 Å². The highest BCUT2D eigenvalue weighted by atomic mass is 79.9. The van der Waals surface area contributed by atoms with Gasteiger partial charge in [-0.25, -0.2) is 0 Å². The number of halogens is 5. The second-order valence-electron chi connectivity index (χ2n) is 9.43. The number of hydrogen-bond acceptors (Lipinski definition) is 4. The molecule has 2 aromatic heterocycles. The summed E-state index contributed by atoms with van der Waals surface area (Å²) in [7, 11) is 3.92. The predicted octanol–water partition coefficient (Wildman–Crippen LogP) is 8.69. The molecular weight excluding hydrogens is 630 g/mol. The summed E-state index contributed by atoms with van der Waals surface area (Å²) in [5.74, 6) is 2.00. The summed E-state index contributed by atoms with van der Waals surface area (Å²) in [5.41, 5.74) is 5.71. The summed E-state index contributed by atoms with van der Waals surface area (Å²) in [6.07, 6.45) is 4.30. The van der Waals surface area contributed by atoms with Crippen molar-refractivity contribution in [2.24, 2.45) is 14.1 Å². The number of hydrogen-bond donors (Lipinski definition) is 0. The largest absolute Gasteiger partial charge is 0.323 e. The van der Waals surface area contributed by atoms with Crippen LogP contribution in [0, 0.1) is 6.92 Å². The summed E-state index contributed by atoms with van der Waals surface area (Å²) < 4.78 is 4.83. The zero-order valence-electron chi connectivity index (χ0n) is 21.3. The van der Waals surface area contributed by atoms with Crippen LogP contribution < -0.4 is 9.80 Å². The number of benzene rings is 2. The minimum atomic E-state index is 0.646. The van der Waals surface area contributed by atoms with Crippen LogP contribution in [0.5, 0.6) is 0 Å². The molecule has 6 rings (SSSR count). The normalized spacial score (nSPS) is 14.6. The number of nitrogens with zero attached hydrogens (tertiary/aromatic N) is 6. The average molecular weight is 657 g/mol. The summed E-state index contributed by atoms with van der Waals surface area (Å²) in [6, 6.07) is 11.2. The van der Waals surface area contributed by atoms with Gasteiger partial charge in [-0.05, 0) is 84.9 Å². The number of aryl methyl sites for hydroxylation is 2. The fourth-order valence-electron chi connectivity index (χ4n) is 5.02. The van der Waals surface area contributed by atoms with Crippen LogP contribution in [-0.2, 0) is 26.9 Å². The number of fused-ring (bicyclic) bond motifs is 2. The quantitative estimate of drug-likeness (QED) is 0.217. The first-order chi connectivity index (χ1) is 18.2. The van der Waals surface area contributed by atoms with Gasteiger partial charge in [0, 0.05) is 54.1 Å². The molecule has 11 heteroatoms. The molecule has 0 atom stereocenters. The highest BCUT2D eigenvalue weighted by Crippen LogP contribution is 2.40. The van der Waals surface area contributed by atoms with Crippen LogP contribution in [0.3, 0.4) is 0 Å². The molecule has 38 heavy (non-hydrogen) atoms. The summed E-state index contributed by atoms with van der Waals surface area (Å²) in [5, 5.41) is 11.8. The van der Waals surface area contributed by atoms with Gasteiger partial charge in [-0.15, -0.1) is 0 Å². The maximum Gasteiger partial charge on any atom is 0.159 e. The molecule has 200 valence electrons. The molecule has 0 spiro atoms. The number of anilines is 4. The Labute approximate surface area is 251 Å². The Morgan fingerprint density at radius 1 is 0.711 bits per heavy atom. The van der Waals surface area contributed by atoms with E-state index in [1.54, 1.807) is 12.1 Å². The molecule has 6 nitrogen and oxygen atoms in total. The van der Waals surface area contributed by atoms with Crippen LogP contribution in [0.4, 0.5) is 23.0 Å². The monoisotopic (exact) mass is 654 g/mol. The summed E-state index contributed by atoms with van der Waals surface area (Å²) in [6.45, 7) is 3.96.